The summed E-state index contributed by atoms with van der Waals surface area (Å²) in [6.07, 6.45) is -5.57. The minimum atomic E-state index is -1.58. The monoisotopic (exact) mass is 525 g/mol. The van der Waals surface area contributed by atoms with Crippen LogP contribution in [0.3, 0.4) is 0 Å². The molecule has 0 radical (unpaired) electrons. The highest BCUT2D eigenvalue weighted by Crippen LogP contribution is 2.41. The number of nitrogens with zero attached hydrogens (tertiary/aromatic N) is 1. The second-order valence-corrected chi connectivity index (χ2v) is 8.74. The Labute approximate surface area is 196 Å². The molecule has 1 aliphatic heterocycles. The zero-order chi connectivity index (χ0) is 23.2. The minimum Gasteiger partial charge on any atom is -0.460 e. The van der Waals surface area contributed by atoms with Crippen molar-refractivity contribution in [2.24, 2.45) is 0 Å². The lowest BCUT2D eigenvalue weighted by molar-refractivity contribution is -0.277. The second kappa shape index (κ2) is 9.11. The van der Waals surface area contributed by atoms with Crippen LogP contribution in [0.4, 0.5) is 0 Å². The number of fused-ring (bicyclic) bond motifs is 1. The van der Waals surface area contributed by atoms with Gasteiger partial charge in [-0.05, 0) is 47.1 Å². The van der Waals surface area contributed by atoms with Crippen molar-refractivity contribution in [3.05, 3.63) is 57.7 Å². The van der Waals surface area contributed by atoms with E-state index < -0.39 is 37.3 Å². The molecule has 32 heavy (non-hydrogen) atoms. The van der Waals surface area contributed by atoms with E-state index in [9.17, 15) is 25.2 Å². The van der Waals surface area contributed by atoms with Crippen LogP contribution in [0.2, 0.25) is 5.02 Å². The largest absolute Gasteiger partial charge is 0.460 e. The number of para-hydroxylation sites is 1. The number of carbonyl (C=O) groups is 1. The number of hydrogen-bond donors (Lipinski definition) is 4. The van der Waals surface area contributed by atoms with E-state index >= 15 is 0 Å². The summed E-state index contributed by atoms with van der Waals surface area (Å²) in [4.78, 5) is 12.2. The molecule has 10 heteroatoms. The Morgan fingerprint density at radius 3 is 2.56 bits per heavy atom. The van der Waals surface area contributed by atoms with Crippen molar-refractivity contribution >= 4 is 44.2 Å². The maximum atomic E-state index is 12.2. The molecular formula is C22H21BrClNO7. The van der Waals surface area contributed by atoms with Crippen LogP contribution in [0, 0.1) is 0 Å². The molecule has 8 nitrogen and oxygen atoms in total. The third-order valence-electron chi connectivity index (χ3n) is 5.46. The van der Waals surface area contributed by atoms with Crippen molar-refractivity contribution in [2.75, 3.05) is 6.61 Å². The van der Waals surface area contributed by atoms with Crippen molar-refractivity contribution in [2.45, 2.75) is 37.6 Å². The number of aliphatic hydroxyl groups excluding tert-OH is 4. The third kappa shape index (κ3) is 3.94. The Kier molecular flexibility index (Phi) is 6.60. The number of ether oxygens (including phenoxy) is 2. The average molecular weight is 527 g/mol. The van der Waals surface area contributed by atoms with Gasteiger partial charge in [0.1, 0.15) is 30.2 Å². The summed E-state index contributed by atoms with van der Waals surface area (Å²) in [6.45, 7) is 0.893. The molecule has 1 saturated heterocycles. The molecule has 0 bridgehead atoms. The summed E-state index contributed by atoms with van der Waals surface area (Å²) < 4.78 is 13.7. The van der Waals surface area contributed by atoms with Gasteiger partial charge in [0.2, 0.25) is 6.29 Å². The molecule has 1 aliphatic rings. The number of benzene rings is 2. The van der Waals surface area contributed by atoms with Crippen LogP contribution in [-0.4, -0.2) is 68.1 Å². The van der Waals surface area contributed by atoms with Crippen LogP contribution in [-0.2, 0) is 4.74 Å². The molecule has 3 aromatic rings. The lowest BCUT2D eigenvalue weighted by atomic mass is 9.99. The van der Waals surface area contributed by atoms with E-state index in [1.54, 1.807) is 47.2 Å². The number of aliphatic hydroxyl groups is 4. The van der Waals surface area contributed by atoms with Crippen molar-refractivity contribution in [3.8, 4) is 11.4 Å². The number of carbonyl (C=O) groups excluding carboxylic acids is 1. The fraction of sp³-hybridized carbons (Fsp3) is 0.318. The van der Waals surface area contributed by atoms with Crippen LogP contribution in [0.25, 0.3) is 16.6 Å². The van der Waals surface area contributed by atoms with E-state index in [-0.39, 0.29) is 11.5 Å². The number of hydrogen-bond acceptors (Lipinski definition) is 7. The summed E-state index contributed by atoms with van der Waals surface area (Å²) in [7, 11) is 0. The van der Waals surface area contributed by atoms with Crippen molar-refractivity contribution in [1.29, 1.82) is 0 Å². The first-order valence-corrected chi connectivity index (χ1v) is 11.0. The molecule has 4 N–H and O–H groups in total. The van der Waals surface area contributed by atoms with Crippen LogP contribution in [0.1, 0.15) is 17.3 Å². The average Bonchev–Trinajstić information content (AvgIpc) is 3.15. The maximum Gasteiger partial charge on any atom is 0.229 e. The van der Waals surface area contributed by atoms with Gasteiger partial charge in [-0.3, -0.25) is 4.79 Å². The van der Waals surface area contributed by atoms with Gasteiger partial charge in [-0.25, -0.2) is 0 Å². The zero-order valence-corrected chi connectivity index (χ0v) is 19.2. The third-order valence-corrected chi connectivity index (χ3v) is 6.74. The molecule has 5 atom stereocenters. The van der Waals surface area contributed by atoms with Crippen LogP contribution in [0.15, 0.2) is 47.1 Å². The Bertz CT molecular complexity index is 1160. The van der Waals surface area contributed by atoms with Crippen molar-refractivity contribution < 1.29 is 34.7 Å². The van der Waals surface area contributed by atoms with E-state index in [0.29, 0.717) is 31.6 Å². The summed E-state index contributed by atoms with van der Waals surface area (Å²) >= 11 is 9.95. The number of ketones is 1. The normalized spacial score (nSPS) is 25.8. The summed E-state index contributed by atoms with van der Waals surface area (Å²) in [5.41, 5.74) is 1.72. The molecule has 170 valence electrons. The highest BCUT2D eigenvalue weighted by atomic mass is 79.9. The first kappa shape index (κ1) is 23.2. The SMILES string of the molecule is CC(=O)c1ccccc1-n1cc(O[C@H]2O[C@H](CO)[C@H](O)[C@H](O)[C@H]2O)c2c(Cl)c(Br)ccc21. The number of aromatic nitrogens is 1. The van der Waals surface area contributed by atoms with E-state index in [1.165, 1.54) is 6.92 Å². The molecule has 0 amide bonds. The van der Waals surface area contributed by atoms with Gasteiger partial charge in [0, 0.05) is 10.0 Å². The van der Waals surface area contributed by atoms with Gasteiger partial charge < -0.3 is 34.5 Å². The molecule has 2 aromatic carbocycles. The lowest BCUT2D eigenvalue weighted by Crippen LogP contribution is -2.60. The van der Waals surface area contributed by atoms with Gasteiger partial charge in [-0.15, -0.1) is 0 Å². The quantitative estimate of drug-likeness (QED) is 0.377. The van der Waals surface area contributed by atoms with E-state index in [0.717, 1.165) is 0 Å². The molecule has 0 saturated carbocycles. The fourth-order valence-corrected chi connectivity index (χ4v) is 4.37. The smallest absolute Gasteiger partial charge is 0.229 e. The lowest BCUT2D eigenvalue weighted by Gasteiger charge is -2.39. The molecular weight excluding hydrogens is 506 g/mol. The molecule has 1 aromatic heterocycles. The molecule has 0 aliphatic carbocycles. The van der Waals surface area contributed by atoms with Gasteiger partial charge in [0.05, 0.1) is 34.4 Å². The number of rotatable bonds is 5. The maximum absolute atomic E-state index is 12.2. The molecule has 1 fully saturated rings. The van der Waals surface area contributed by atoms with Gasteiger partial charge in [-0.2, -0.15) is 0 Å². The Morgan fingerprint density at radius 2 is 1.88 bits per heavy atom. The van der Waals surface area contributed by atoms with Crippen molar-refractivity contribution in [3.63, 3.8) is 0 Å². The van der Waals surface area contributed by atoms with Gasteiger partial charge >= 0.3 is 0 Å². The highest BCUT2D eigenvalue weighted by Gasteiger charge is 2.45. The topological polar surface area (TPSA) is 121 Å². The molecule has 0 unspecified atom stereocenters. The van der Waals surface area contributed by atoms with Gasteiger partial charge in [0.15, 0.2) is 5.78 Å². The fourth-order valence-electron chi connectivity index (χ4n) is 3.79. The minimum absolute atomic E-state index is 0.123. The summed E-state index contributed by atoms with van der Waals surface area (Å²) in [5, 5.41) is 40.7. The van der Waals surface area contributed by atoms with Gasteiger partial charge in [-0.1, -0.05) is 23.7 Å². The van der Waals surface area contributed by atoms with E-state index in [4.69, 9.17) is 21.1 Å². The number of halogens is 2. The van der Waals surface area contributed by atoms with Crippen LogP contribution < -0.4 is 4.74 Å². The predicted molar refractivity (Wildman–Crippen MR) is 120 cm³/mol. The molecule has 2 heterocycles. The van der Waals surface area contributed by atoms with E-state index in [1.807, 2.05) is 0 Å². The second-order valence-electron chi connectivity index (χ2n) is 7.51. The summed E-state index contributed by atoms with van der Waals surface area (Å²) in [6, 6.07) is 10.6. The number of Topliss-reactive ketones (excluding diaryl/α,β-unsaturated/α-hetero) is 1. The van der Waals surface area contributed by atoms with Crippen LogP contribution in [0.5, 0.6) is 5.75 Å². The molecule has 0 spiro atoms. The summed E-state index contributed by atoms with van der Waals surface area (Å²) in [5.74, 6) is 0.0936. The Hall–Kier alpha value is -1.98. The zero-order valence-electron chi connectivity index (χ0n) is 16.9. The van der Waals surface area contributed by atoms with Gasteiger partial charge in [0.25, 0.3) is 0 Å². The first-order valence-electron chi connectivity index (χ1n) is 9.81. The Morgan fingerprint density at radius 1 is 1.16 bits per heavy atom. The standard InChI is InChI=1S/C22H21BrClNO7/c1-10(27)11-4-2-3-5-13(11)25-8-15(17-14(25)7-6-12(23)18(17)24)31-22-21(30)20(29)19(28)16(9-26)32-22/h2-8,16,19-22,26,28-30H,9H2,1H3/t16-,19+,20+,21-,22+/m1/s1. The molecule has 4 rings (SSSR count). The van der Waals surface area contributed by atoms with Crippen LogP contribution >= 0.6 is 27.5 Å². The predicted octanol–water partition coefficient (Wildman–Crippen LogP) is 2.43. The Balaban J connectivity index is 1.85. The highest BCUT2D eigenvalue weighted by molar-refractivity contribution is 9.10. The van der Waals surface area contributed by atoms with E-state index in [2.05, 4.69) is 15.9 Å². The van der Waals surface area contributed by atoms with Crippen molar-refractivity contribution in [1.82, 2.24) is 4.57 Å². The first-order chi connectivity index (χ1) is 15.2.